The summed E-state index contributed by atoms with van der Waals surface area (Å²) < 4.78 is 5.03. The van der Waals surface area contributed by atoms with Gasteiger partial charge in [-0.15, -0.1) is 0 Å². The Balaban J connectivity index is 1.59. The first-order valence-corrected chi connectivity index (χ1v) is 9.30. The van der Waals surface area contributed by atoms with E-state index in [4.69, 9.17) is 4.42 Å². The van der Waals surface area contributed by atoms with Gasteiger partial charge < -0.3 is 19.7 Å². The molecule has 1 aliphatic rings. The Kier molecular flexibility index (Phi) is 5.79. The van der Waals surface area contributed by atoms with Gasteiger partial charge in [0.2, 0.25) is 0 Å². The number of furan rings is 1. The fourth-order valence-corrected chi connectivity index (χ4v) is 3.42. The van der Waals surface area contributed by atoms with Crippen molar-refractivity contribution in [1.29, 1.82) is 0 Å². The number of piperidine rings is 1. The number of amides is 1. The number of hydrogen-bond donors (Lipinski definition) is 2. The second kappa shape index (κ2) is 8.06. The molecule has 0 bridgehead atoms. The summed E-state index contributed by atoms with van der Waals surface area (Å²) in [5, 5.41) is 14.0. The molecule has 26 heavy (non-hydrogen) atoms. The molecule has 1 amide bonds. The van der Waals surface area contributed by atoms with Gasteiger partial charge >= 0.3 is 0 Å². The second-order valence-electron chi connectivity index (χ2n) is 7.49. The molecule has 1 saturated heterocycles. The molecule has 5 heteroatoms. The first kappa shape index (κ1) is 18.7. The molecule has 0 aliphatic carbocycles. The van der Waals surface area contributed by atoms with Crippen LogP contribution in [0.15, 0.2) is 47.3 Å². The summed E-state index contributed by atoms with van der Waals surface area (Å²) >= 11 is 0. The van der Waals surface area contributed by atoms with E-state index in [2.05, 4.69) is 43.4 Å². The molecule has 5 nitrogen and oxygen atoms in total. The number of carbonyl (C=O) groups is 1. The lowest BCUT2D eigenvalue weighted by Gasteiger charge is -2.38. The van der Waals surface area contributed by atoms with Crippen molar-refractivity contribution in [3.8, 4) is 0 Å². The highest BCUT2D eigenvalue weighted by atomic mass is 16.3. The number of benzene rings is 1. The number of hydrogen-bond acceptors (Lipinski definition) is 4. The van der Waals surface area contributed by atoms with Crippen molar-refractivity contribution in [3.63, 3.8) is 0 Å². The standard InChI is InChI=1S/C21H28N2O3/c1-16(2)19-6-4-17(5-7-19)13-23-10-3-9-21(25,20(23)24)15-22-12-18-8-11-26-14-18/h4-8,11,14,16,22,25H,3,9-10,12-13,15H2,1-2H3. The van der Waals surface area contributed by atoms with Gasteiger partial charge in [0.05, 0.1) is 12.5 Å². The Morgan fingerprint density at radius 3 is 2.65 bits per heavy atom. The van der Waals surface area contributed by atoms with Gasteiger partial charge in [-0.25, -0.2) is 0 Å². The van der Waals surface area contributed by atoms with E-state index in [1.54, 1.807) is 17.4 Å². The first-order chi connectivity index (χ1) is 12.5. The third-order valence-electron chi connectivity index (χ3n) is 5.05. The molecule has 2 heterocycles. The van der Waals surface area contributed by atoms with Crippen molar-refractivity contribution in [3.05, 3.63) is 59.5 Å². The van der Waals surface area contributed by atoms with E-state index in [1.165, 1.54) is 5.56 Å². The minimum atomic E-state index is -1.33. The summed E-state index contributed by atoms with van der Waals surface area (Å²) in [6, 6.07) is 10.3. The summed E-state index contributed by atoms with van der Waals surface area (Å²) in [6.07, 6.45) is 4.57. The van der Waals surface area contributed by atoms with Crippen molar-refractivity contribution >= 4 is 5.91 Å². The van der Waals surface area contributed by atoms with Crippen molar-refractivity contribution in [2.45, 2.75) is 51.3 Å². The van der Waals surface area contributed by atoms with E-state index in [0.717, 1.165) is 17.5 Å². The van der Waals surface area contributed by atoms with Gasteiger partial charge in [0.1, 0.15) is 0 Å². The van der Waals surface area contributed by atoms with E-state index in [9.17, 15) is 9.90 Å². The first-order valence-electron chi connectivity index (χ1n) is 9.30. The molecule has 3 rings (SSSR count). The maximum Gasteiger partial charge on any atom is 0.256 e. The van der Waals surface area contributed by atoms with Crippen LogP contribution < -0.4 is 5.32 Å². The molecule has 2 N–H and O–H groups in total. The number of aliphatic hydroxyl groups is 1. The maximum atomic E-state index is 12.8. The summed E-state index contributed by atoms with van der Waals surface area (Å²) in [7, 11) is 0. The number of nitrogens with one attached hydrogen (secondary N) is 1. The average Bonchev–Trinajstić information content (AvgIpc) is 3.13. The van der Waals surface area contributed by atoms with Crippen LogP contribution in [0.4, 0.5) is 0 Å². The topological polar surface area (TPSA) is 65.7 Å². The van der Waals surface area contributed by atoms with Crippen LogP contribution in [0.5, 0.6) is 0 Å². The maximum absolute atomic E-state index is 12.8. The minimum Gasteiger partial charge on any atom is -0.472 e. The van der Waals surface area contributed by atoms with Gasteiger partial charge in [-0.1, -0.05) is 38.1 Å². The zero-order chi connectivity index (χ0) is 18.6. The van der Waals surface area contributed by atoms with Gasteiger partial charge in [-0.05, 0) is 36.0 Å². The van der Waals surface area contributed by atoms with E-state index in [1.807, 2.05) is 6.07 Å². The molecule has 1 atom stereocenters. The lowest BCUT2D eigenvalue weighted by molar-refractivity contribution is -0.157. The van der Waals surface area contributed by atoms with E-state index >= 15 is 0 Å². The van der Waals surface area contributed by atoms with E-state index < -0.39 is 5.60 Å². The van der Waals surface area contributed by atoms with E-state index in [0.29, 0.717) is 32.0 Å². The highest BCUT2D eigenvalue weighted by molar-refractivity contribution is 5.86. The second-order valence-corrected chi connectivity index (χ2v) is 7.49. The Bertz CT molecular complexity index is 709. The Labute approximate surface area is 155 Å². The minimum absolute atomic E-state index is 0.184. The third kappa shape index (κ3) is 4.34. The van der Waals surface area contributed by atoms with Crippen LogP contribution >= 0.6 is 0 Å². The highest BCUT2D eigenvalue weighted by Crippen LogP contribution is 2.24. The lowest BCUT2D eigenvalue weighted by Crippen LogP contribution is -2.57. The van der Waals surface area contributed by atoms with Crippen LogP contribution in [0.1, 0.15) is 49.3 Å². The molecule has 1 aromatic carbocycles. The van der Waals surface area contributed by atoms with Crippen LogP contribution in [-0.2, 0) is 17.9 Å². The Hall–Kier alpha value is -2.11. The van der Waals surface area contributed by atoms with Crippen LogP contribution in [0, 0.1) is 0 Å². The van der Waals surface area contributed by atoms with Crippen LogP contribution in [0.2, 0.25) is 0 Å². The lowest BCUT2D eigenvalue weighted by atomic mass is 9.91. The molecule has 0 radical (unpaired) electrons. The summed E-state index contributed by atoms with van der Waals surface area (Å²) in [5.41, 5.74) is 2.05. The molecular weight excluding hydrogens is 328 g/mol. The zero-order valence-corrected chi connectivity index (χ0v) is 15.6. The summed E-state index contributed by atoms with van der Waals surface area (Å²) in [5.74, 6) is 0.309. The van der Waals surface area contributed by atoms with Crippen molar-refractivity contribution in [2.24, 2.45) is 0 Å². The Morgan fingerprint density at radius 1 is 1.23 bits per heavy atom. The fourth-order valence-electron chi connectivity index (χ4n) is 3.42. The van der Waals surface area contributed by atoms with Crippen molar-refractivity contribution < 1.29 is 14.3 Å². The predicted molar refractivity (Wildman–Crippen MR) is 101 cm³/mol. The smallest absolute Gasteiger partial charge is 0.256 e. The third-order valence-corrected chi connectivity index (χ3v) is 5.05. The SMILES string of the molecule is CC(C)c1ccc(CN2CCCC(O)(CNCc3ccoc3)C2=O)cc1. The number of nitrogens with zero attached hydrogens (tertiary/aromatic N) is 1. The van der Waals surface area contributed by atoms with E-state index in [-0.39, 0.29) is 12.5 Å². The molecule has 1 fully saturated rings. The quantitative estimate of drug-likeness (QED) is 0.800. The van der Waals surface area contributed by atoms with Crippen molar-refractivity contribution in [1.82, 2.24) is 10.2 Å². The van der Waals surface area contributed by atoms with Crippen LogP contribution in [0.3, 0.4) is 0 Å². The van der Waals surface area contributed by atoms with Crippen LogP contribution in [-0.4, -0.2) is 34.6 Å². The largest absolute Gasteiger partial charge is 0.472 e. The molecule has 140 valence electrons. The zero-order valence-electron chi connectivity index (χ0n) is 15.6. The predicted octanol–water partition coefficient (Wildman–Crippen LogP) is 3.05. The molecule has 1 aliphatic heterocycles. The summed E-state index contributed by atoms with van der Waals surface area (Å²) in [4.78, 5) is 14.6. The molecular formula is C21H28N2O3. The number of likely N-dealkylation sites (tertiary alicyclic amines) is 1. The van der Waals surface area contributed by atoms with Gasteiger partial charge in [0.15, 0.2) is 5.60 Å². The number of carbonyl (C=O) groups excluding carboxylic acids is 1. The van der Waals surface area contributed by atoms with Gasteiger partial charge in [0, 0.05) is 31.7 Å². The molecule has 1 unspecified atom stereocenters. The molecule has 1 aromatic heterocycles. The van der Waals surface area contributed by atoms with Crippen LogP contribution in [0.25, 0.3) is 0 Å². The molecule has 0 spiro atoms. The summed E-state index contributed by atoms with van der Waals surface area (Å²) in [6.45, 7) is 6.39. The van der Waals surface area contributed by atoms with Crippen molar-refractivity contribution in [2.75, 3.05) is 13.1 Å². The van der Waals surface area contributed by atoms with Gasteiger partial charge in [-0.3, -0.25) is 4.79 Å². The molecule has 0 saturated carbocycles. The van der Waals surface area contributed by atoms with Gasteiger partial charge in [0.25, 0.3) is 5.91 Å². The highest BCUT2D eigenvalue weighted by Gasteiger charge is 2.41. The average molecular weight is 356 g/mol. The fraction of sp³-hybridized carbons (Fsp3) is 0.476. The Morgan fingerprint density at radius 2 is 2.00 bits per heavy atom. The molecule has 2 aromatic rings. The number of rotatable bonds is 7. The van der Waals surface area contributed by atoms with Gasteiger partial charge in [-0.2, -0.15) is 0 Å². The monoisotopic (exact) mass is 356 g/mol. The normalized spacial score (nSPS) is 20.8.